The van der Waals surface area contributed by atoms with Crippen LogP contribution in [0.2, 0.25) is 0 Å². The summed E-state index contributed by atoms with van der Waals surface area (Å²) in [4.78, 5) is 57.1. The molecule has 3 atom stereocenters. The van der Waals surface area contributed by atoms with Gasteiger partial charge in [-0.05, 0) is 18.8 Å². The lowest BCUT2D eigenvalue weighted by molar-refractivity contribution is -0.132. The van der Waals surface area contributed by atoms with Gasteiger partial charge in [-0.1, -0.05) is 13.8 Å². The van der Waals surface area contributed by atoms with E-state index in [-0.39, 0.29) is 25.2 Å². The van der Waals surface area contributed by atoms with E-state index in [0.717, 1.165) is 0 Å². The standard InChI is InChI=1S/C15H27N5O5/c1-8(2)5-9(7-21)19-15(25)11(3-4-12(17)22)20-14(24)10(16)6-13(18)23/h7-11H,3-6,16H2,1-2H3,(H2,17,22)(H2,18,23)(H,19,25)(H,20,24). The molecule has 3 unspecified atom stereocenters. The number of rotatable bonds is 12. The van der Waals surface area contributed by atoms with Gasteiger partial charge in [-0.25, -0.2) is 0 Å². The minimum Gasteiger partial charge on any atom is -0.370 e. The number of aldehydes is 1. The molecule has 0 aliphatic rings. The van der Waals surface area contributed by atoms with Crippen LogP contribution in [0, 0.1) is 5.92 Å². The van der Waals surface area contributed by atoms with Gasteiger partial charge in [-0.3, -0.25) is 19.2 Å². The Balaban J connectivity index is 4.97. The van der Waals surface area contributed by atoms with Crippen molar-refractivity contribution in [1.29, 1.82) is 0 Å². The molecule has 0 aliphatic carbocycles. The van der Waals surface area contributed by atoms with Gasteiger partial charge in [0.25, 0.3) is 0 Å². The van der Waals surface area contributed by atoms with Crippen molar-refractivity contribution in [1.82, 2.24) is 10.6 Å². The van der Waals surface area contributed by atoms with Crippen LogP contribution in [0.5, 0.6) is 0 Å². The second-order valence-electron chi connectivity index (χ2n) is 6.22. The van der Waals surface area contributed by atoms with Crippen molar-refractivity contribution in [3.8, 4) is 0 Å². The maximum atomic E-state index is 12.3. The lowest BCUT2D eigenvalue weighted by atomic mass is 10.0. The second kappa shape index (κ2) is 11.1. The zero-order chi connectivity index (χ0) is 19.6. The summed E-state index contributed by atoms with van der Waals surface area (Å²) < 4.78 is 0. The average molecular weight is 357 g/mol. The smallest absolute Gasteiger partial charge is 0.243 e. The molecule has 0 rings (SSSR count). The third-order valence-electron chi connectivity index (χ3n) is 3.29. The van der Waals surface area contributed by atoms with E-state index >= 15 is 0 Å². The number of nitrogens with two attached hydrogens (primary N) is 3. The van der Waals surface area contributed by atoms with Gasteiger partial charge < -0.3 is 32.6 Å². The topological polar surface area (TPSA) is 187 Å². The number of hydrogen-bond donors (Lipinski definition) is 5. The third-order valence-corrected chi connectivity index (χ3v) is 3.29. The molecular formula is C15H27N5O5. The van der Waals surface area contributed by atoms with Gasteiger partial charge in [-0.2, -0.15) is 0 Å². The highest BCUT2D eigenvalue weighted by Crippen LogP contribution is 2.05. The largest absolute Gasteiger partial charge is 0.370 e. The van der Waals surface area contributed by atoms with Crippen LogP contribution in [0.25, 0.3) is 0 Å². The quantitative estimate of drug-likeness (QED) is 0.243. The molecule has 0 spiro atoms. The van der Waals surface area contributed by atoms with E-state index < -0.39 is 41.8 Å². The molecule has 0 fully saturated rings. The molecule has 0 heterocycles. The third kappa shape index (κ3) is 10.1. The van der Waals surface area contributed by atoms with Crippen LogP contribution in [0.3, 0.4) is 0 Å². The molecular weight excluding hydrogens is 330 g/mol. The second-order valence-corrected chi connectivity index (χ2v) is 6.22. The summed E-state index contributed by atoms with van der Waals surface area (Å²) in [5, 5.41) is 4.85. The van der Waals surface area contributed by atoms with Gasteiger partial charge in [0, 0.05) is 6.42 Å². The monoisotopic (exact) mass is 357 g/mol. The first kappa shape index (κ1) is 22.5. The van der Waals surface area contributed by atoms with E-state index in [4.69, 9.17) is 17.2 Å². The molecule has 0 bridgehead atoms. The van der Waals surface area contributed by atoms with Gasteiger partial charge in [0.15, 0.2) is 0 Å². The van der Waals surface area contributed by atoms with E-state index in [2.05, 4.69) is 10.6 Å². The first-order chi connectivity index (χ1) is 11.6. The van der Waals surface area contributed by atoms with E-state index in [9.17, 15) is 24.0 Å². The zero-order valence-electron chi connectivity index (χ0n) is 14.5. The predicted octanol–water partition coefficient (Wildman–Crippen LogP) is -2.33. The minimum absolute atomic E-state index is 0.0660. The van der Waals surface area contributed by atoms with Gasteiger partial charge >= 0.3 is 0 Å². The van der Waals surface area contributed by atoms with Crippen molar-refractivity contribution in [3.63, 3.8) is 0 Å². The van der Waals surface area contributed by atoms with Crippen LogP contribution < -0.4 is 27.8 Å². The first-order valence-electron chi connectivity index (χ1n) is 7.95. The number of hydrogen-bond acceptors (Lipinski definition) is 6. The van der Waals surface area contributed by atoms with Gasteiger partial charge in [-0.15, -0.1) is 0 Å². The molecule has 142 valence electrons. The highest BCUT2D eigenvalue weighted by Gasteiger charge is 2.26. The Bertz CT molecular complexity index is 509. The van der Waals surface area contributed by atoms with Gasteiger partial charge in [0.05, 0.1) is 18.5 Å². The number of primary amides is 2. The lowest BCUT2D eigenvalue weighted by Gasteiger charge is -2.22. The molecule has 0 saturated heterocycles. The molecule has 10 heteroatoms. The Labute approximate surface area is 146 Å². The zero-order valence-corrected chi connectivity index (χ0v) is 14.5. The molecule has 0 aromatic heterocycles. The first-order valence-corrected chi connectivity index (χ1v) is 7.95. The Hall–Kier alpha value is -2.49. The highest BCUT2D eigenvalue weighted by molar-refractivity contribution is 5.93. The normalized spacial score (nSPS) is 14.2. The number of carbonyl (C=O) groups excluding carboxylic acids is 5. The minimum atomic E-state index is -1.22. The van der Waals surface area contributed by atoms with E-state index in [0.29, 0.717) is 12.7 Å². The van der Waals surface area contributed by atoms with Crippen molar-refractivity contribution in [2.45, 2.75) is 57.7 Å². The molecule has 0 aromatic carbocycles. The van der Waals surface area contributed by atoms with Gasteiger partial charge in [0.1, 0.15) is 12.3 Å². The van der Waals surface area contributed by atoms with E-state index in [1.807, 2.05) is 13.8 Å². The maximum absolute atomic E-state index is 12.3. The summed E-state index contributed by atoms with van der Waals surface area (Å²) in [5.41, 5.74) is 15.6. The van der Waals surface area contributed by atoms with Gasteiger partial charge in [0.2, 0.25) is 23.6 Å². The van der Waals surface area contributed by atoms with Crippen LogP contribution in [-0.4, -0.2) is 48.0 Å². The van der Waals surface area contributed by atoms with Crippen LogP contribution in [-0.2, 0) is 24.0 Å². The summed E-state index contributed by atoms with van der Waals surface area (Å²) in [5.74, 6) is -2.66. The molecule has 0 radical (unpaired) electrons. The maximum Gasteiger partial charge on any atom is 0.243 e. The summed E-state index contributed by atoms with van der Waals surface area (Å²) >= 11 is 0. The van der Waals surface area contributed by atoms with Crippen molar-refractivity contribution in [2.24, 2.45) is 23.1 Å². The average Bonchev–Trinajstić information content (AvgIpc) is 2.48. The lowest BCUT2D eigenvalue weighted by Crippen LogP contribution is -2.54. The van der Waals surface area contributed by atoms with Crippen LogP contribution >= 0.6 is 0 Å². The number of nitrogens with one attached hydrogen (secondary N) is 2. The predicted molar refractivity (Wildman–Crippen MR) is 89.6 cm³/mol. The molecule has 0 aliphatic heterocycles. The number of amides is 4. The molecule has 25 heavy (non-hydrogen) atoms. The SMILES string of the molecule is CC(C)CC(C=O)NC(=O)C(CCC(N)=O)NC(=O)C(N)CC(N)=O. The molecule has 0 aromatic rings. The Morgan fingerprint density at radius 3 is 2.04 bits per heavy atom. The van der Waals surface area contributed by atoms with Crippen LogP contribution in [0.15, 0.2) is 0 Å². The Kier molecular flexibility index (Phi) is 10.0. The molecule has 4 amide bonds. The Morgan fingerprint density at radius 1 is 1.00 bits per heavy atom. The summed E-state index contributed by atoms with van der Waals surface area (Å²) in [6.45, 7) is 3.77. The fourth-order valence-corrected chi connectivity index (χ4v) is 2.08. The van der Waals surface area contributed by atoms with E-state index in [1.165, 1.54) is 0 Å². The Morgan fingerprint density at radius 2 is 1.60 bits per heavy atom. The van der Waals surface area contributed by atoms with E-state index in [1.54, 1.807) is 0 Å². The molecule has 8 N–H and O–H groups in total. The fourth-order valence-electron chi connectivity index (χ4n) is 2.08. The summed E-state index contributed by atoms with van der Waals surface area (Å²) in [6.07, 6.45) is 0.416. The van der Waals surface area contributed by atoms with Crippen molar-refractivity contribution in [2.75, 3.05) is 0 Å². The summed E-state index contributed by atoms with van der Waals surface area (Å²) in [6, 6.07) is -3.06. The number of carbonyl (C=O) groups is 5. The van der Waals surface area contributed by atoms with Crippen molar-refractivity contribution < 1.29 is 24.0 Å². The molecule has 10 nitrogen and oxygen atoms in total. The van der Waals surface area contributed by atoms with Crippen molar-refractivity contribution in [3.05, 3.63) is 0 Å². The molecule has 0 saturated carbocycles. The van der Waals surface area contributed by atoms with Crippen molar-refractivity contribution >= 4 is 29.9 Å². The summed E-state index contributed by atoms with van der Waals surface area (Å²) in [7, 11) is 0. The fraction of sp³-hybridized carbons (Fsp3) is 0.667. The van der Waals surface area contributed by atoms with Crippen LogP contribution in [0.1, 0.15) is 39.5 Å². The van der Waals surface area contributed by atoms with Crippen LogP contribution in [0.4, 0.5) is 0 Å². The highest BCUT2D eigenvalue weighted by atomic mass is 16.2.